The van der Waals surface area contributed by atoms with Gasteiger partial charge in [0.25, 0.3) is 0 Å². The van der Waals surface area contributed by atoms with Crippen LogP contribution >= 0.6 is 0 Å². The molecule has 0 atom stereocenters. The number of nitriles is 2. The standard InChI is InChI=1S/C10H7N3O4S/c11-4-7-1-2-9(3-8(7)5-12)13-18(16,17)6-10(14)15/h1-3,13H,6H2,(H,14,15). The fourth-order valence-electron chi connectivity index (χ4n) is 1.18. The van der Waals surface area contributed by atoms with Gasteiger partial charge in [-0.25, -0.2) is 8.42 Å². The molecule has 0 radical (unpaired) electrons. The molecule has 7 nitrogen and oxygen atoms in total. The van der Waals surface area contributed by atoms with Crippen molar-refractivity contribution < 1.29 is 18.3 Å². The predicted octanol–water partition coefficient (Wildman–Crippen LogP) is 0.256. The number of sulfonamides is 1. The lowest BCUT2D eigenvalue weighted by Gasteiger charge is -2.06. The van der Waals surface area contributed by atoms with Crippen molar-refractivity contribution in [3.63, 3.8) is 0 Å². The van der Waals surface area contributed by atoms with Gasteiger partial charge in [-0.1, -0.05) is 0 Å². The maximum atomic E-state index is 11.3. The van der Waals surface area contributed by atoms with Gasteiger partial charge in [-0.2, -0.15) is 10.5 Å². The van der Waals surface area contributed by atoms with E-state index in [2.05, 4.69) is 0 Å². The van der Waals surface area contributed by atoms with Crippen molar-refractivity contribution >= 4 is 21.7 Å². The highest BCUT2D eigenvalue weighted by Gasteiger charge is 2.16. The van der Waals surface area contributed by atoms with E-state index in [1.807, 2.05) is 4.72 Å². The number of carbonyl (C=O) groups is 1. The summed E-state index contributed by atoms with van der Waals surface area (Å²) in [5, 5.41) is 25.8. The first-order valence-electron chi connectivity index (χ1n) is 4.54. The number of hydrogen-bond donors (Lipinski definition) is 2. The summed E-state index contributed by atoms with van der Waals surface area (Å²) < 4.78 is 24.7. The number of carboxylic acids is 1. The third kappa shape index (κ3) is 3.47. The van der Waals surface area contributed by atoms with E-state index in [1.165, 1.54) is 12.1 Å². The normalized spacial score (nSPS) is 10.1. The van der Waals surface area contributed by atoms with Crippen LogP contribution in [-0.2, 0) is 14.8 Å². The molecule has 0 aliphatic carbocycles. The van der Waals surface area contributed by atoms with Crippen LogP contribution in [0, 0.1) is 22.7 Å². The Hall–Kier alpha value is -2.58. The predicted molar refractivity (Wildman–Crippen MR) is 60.9 cm³/mol. The van der Waals surface area contributed by atoms with Gasteiger partial charge < -0.3 is 5.11 Å². The maximum Gasteiger partial charge on any atom is 0.320 e. The average molecular weight is 265 g/mol. The van der Waals surface area contributed by atoms with Gasteiger partial charge in [-0.15, -0.1) is 0 Å². The molecular weight excluding hydrogens is 258 g/mol. The Morgan fingerprint density at radius 2 is 1.89 bits per heavy atom. The van der Waals surface area contributed by atoms with Crippen LogP contribution in [0.5, 0.6) is 0 Å². The maximum absolute atomic E-state index is 11.3. The first-order chi connectivity index (χ1) is 8.38. The largest absolute Gasteiger partial charge is 0.480 e. The molecule has 8 heteroatoms. The van der Waals surface area contributed by atoms with E-state index in [0.717, 1.165) is 6.07 Å². The molecule has 0 saturated heterocycles. The van der Waals surface area contributed by atoms with Gasteiger partial charge in [0, 0.05) is 5.69 Å². The highest BCUT2D eigenvalue weighted by Crippen LogP contribution is 2.15. The quantitative estimate of drug-likeness (QED) is 0.802. The second-order valence-corrected chi connectivity index (χ2v) is 4.96. The van der Waals surface area contributed by atoms with E-state index < -0.39 is 21.7 Å². The van der Waals surface area contributed by atoms with Gasteiger partial charge in [-0.05, 0) is 18.2 Å². The number of carboxylic acid groups (broad SMARTS) is 1. The lowest BCUT2D eigenvalue weighted by atomic mass is 10.1. The van der Waals surface area contributed by atoms with Gasteiger partial charge in [0.2, 0.25) is 10.0 Å². The van der Waals surface area contributed by atoms with Crippen molar-refractivity contribution in [2.75, 3.05) is 10.5 Å². The number of anilines is 1. The Labute approximate surface area is 103 Å². The number of hydrogen-bond acceptors (Lipinski definition) is 5. The number of aliphatic carboxylic acids is 1. The number of benzene rings is 1. The first kappa shape index (κ1) is 13.5. The van der Waals surface area contributed by atoms with Crippen molar-refractivity contribution in [3.8, 4) is 12.1 Å². The van der Waals surface area contributed by atoms with Crippen molar-refractivity contribution in [1.29, 1.82) is 10.5 Å². The zero-order valence-corrected chi connectivity index (χ0v) is 9.73. The average Bonchev–Trinajstić information content (AvgIpc) is 2.26. The molecular formula is C10H7N3O4S. The van der Waals surface area contributed by atoms with Gasteiger partial charge >= 0.3 is 5.97 Å². The molecule has 0 unspecified atom stereocenters. The molecule has 0 fully saturated rings. The van der Waals surface area contributed by atoms with Crippen molar-refractivity contribution in [3.05, 3.63) is 29.3 Å². The van der Waals surface area contributed by atoms with Crippen LogP contribution in [0.15, 0.2) is 18.2 Å². The zero-order valence-electron chi connectivity index (χ0n) is 8.91. The molecule has 0 spiro atoms. The monoisotopic (exact) mass is 265 g/mol. The number of nitrogens with zero attached hydrogens (tertiary/aromatic N) is 2. The van der Waals surface area contributed by atoms with Crippen LogP contribution in [0.25, 0.3) is 0 Å². The van der Waals surface area contributed by atoms with Gasteiger partial charge in [0.1, 0.15) is 12.1 Å². The summed E-state index contributed by atoms with van der Waals surface area (Å²) in [5.41, 5.74) is 0.151. The summed E-state index contributed by atoms with van der Waals surface area (Å²) >= 11 is 0. The summed E-state index contributed by atoms with van der Waals surface area (Å²) in [7, 11) is -4.02. The third-order valence-electron chi connectivity index (χ3n) is 1.85. The molecule has 1 aromatic rings. The van der Waals surface area contributed by atoms with E-state index >= 15 is 0 Å². The molecule has 1 aromatic carbocycles. The van der Waals surface area contributed by atoms with Crippen molar-refractivity contribution in [1.82, 2.24) is 0 Å². The molecule has 18 heavy (non-hydrogen) atoms. The number of nitrogens with one attached hydrogen (secondary N) is 1. The van der Waals surface area contributed by atoms with Crippen LogP contribution in [0.4, 0.5) is 5.69 Å². The Bertz CT molecular complexity index is 667. The van der Waals surface area contributed by atoms with E-state index in [4.69, 9.17) is 15.6 Å². The third-order valence-corrected chi connectivity index (χ3v) is 3.02. The smallest absolute Gasteiger partial charge is 0.320 e. The van der Waals surface area contributed by atoms with E-state index in [9.17, 15) is 13.2 Å². The zero-order chi connectivity index (χ0) is 13.8. The Morgan fingerprint density at radius 1 is 1.28 bits per heavy atom. The van der Waals surface area contributed by atoms with Crippen LogP contribution < -0.4 is 4.72 Å². The SMILES string of the molecule is N#Cc1ccc(NS(=O)(=O)CC(=O)O)cc1C#N. The van der Waals surface area contributed by atoms with E-state index in [-0.39, 0.29) is 16.8 Å². The Balaban J connectivity index is 3.05. The minimum atomic E-state index is -4.02. The van der Waals surface area contributed by atoms with Crippen molar-refractivity contribution in [2.45, 2.75) is 0 Å². The molecule has 0 saturated carbocycles. The van der Waals surface area contributed by atoms with Gasteiger partial charge in [-0.3, -0.25) is 9.52 Å². The first-order valence-corrected chi connectivity index (χ1v) is 6.19. The fourth-order valence-corrected chi connectivity index (χ4v) is 2.06. The summed E-state index contributed by atoms with van der Waals surface area (Å²) in [4.78, 5) is 10.3. The molecule has 92 valence electrons. The van der Waals surface area contributed by atoms with Crippen LogP contribution in [0.2, 0.25) is 0 Å². The fraction of sp³-hybridized carbons (Fsp3) is 0.100. The summed E-state index contributed by atoms with van der Waals surface area (Å²) in [6.45, 7) is 0. The minimum absolute atomic E-state index is 0.00743. The highest BCUT2D eigenvalue weighted by molar-refractivity contribution is 7.93. The van der Waals surface area contributed by atoms with Crippen LogP contribution in [-0.4, -0.2) is 25.2 Å². The molecule has 0 amide bonds. The second-order valence-electron chi connectivity index (χ2n) is 3.24. The molecule has 0 heterocycles. The summed E-state index contributed by atoms with van der Waals surface area (Å²) in [5.74, 6) is -2.56. The topological polar surface area (TPSA) is 131 Å². The number of rotatable bonds is 4. The minimum Gasteiger partial charge on any atom is -0.480 e. The summed E-state index contributed by atoms with van der Waals surface area (Å²) in [6.07, 6.45) is 0. The Kier molecular flexibility index (Phi) is 3.87. The van der Waals surface area contributed by atoms with Crippen LogP contribution in [0.3, 0.4) is 0 Å². The molecule has 2 N–H and O–H groups in total. The molecule has 1 rings (SSSR count). The van der Waals surface area contributed by atoms with Gasteiger partial charge in [0.15, 0.2) is 5.75 Å². The lowest BCUT2D eigenvalue weighted by molar-refractivity contribution is -0.134. The Morgan fingerprint density at radius 3 is 2.39 bits per heavy atom. The lowest BCUT2D eigenvalue weighted by Crippen LogP contribution is -2.22. The van der Waals surface area contributed by atoms with Crippen LogP contribution in [0.1, 0.15) is 11.1 Å². The van der Waals surface area contributed by atoms with Crippen molar-refractivity contribution in [2.24, 2.45) is 0 Å². The van der Waals surface area contributed by atoms with Gasteiger partial charge in [0.05, 0.1) is 11.1 Å². The molecule has 0 aliphatic rings. The summed E-state index contributed by atoms with van der Waals surface area (Å²) in [6, 6.07) is 7.23. The molecule has 0 aromatic heterocycles. The highest BCUT2D eigenvalue weighted by atomic mass is 32.2. The van der Waals surface area contributed by atoms with E-state index in [0.29, 0.717) is 0 Å². The molecule has 0 aliphatic heterocycles. The van der Waals surface area contributed by atoms with E-state index in [1.54, 1.807) is 12.1 Å². The molecule has 0 bridgehead atoms. The second kappa shape index (κ2) is 5.17.